The van der Waals surface area contributed by atoms with E-state index in [1.165, 1.54) is 0 Å². The maximum atomic E-state index is 11.1. The minimum Gasteiger partial charge on any atom is -0.459 e. The SMILES string of the molecule is CC[C@@H]1C(=O)O[C@H]1CO[Si](C)(C)C(C)(C)C. The number of carbonyl (C=O) groups is 1. The first-order valence-corrected chi connectivity index (χ1v) is 8.94. The highest BCUT2D eigenvalue weighted by Gasteiger charge is 2.44. The molecular formula is C12H24O3Si. The van der Waals surface area contributed by atoms with Gasteiger partial charge in [0.25, 0.3) is 0 Å². The molecule has 0 amide bonds. The molecule has 3 nitrogen and oxygen atoms in total. The van der Waals surface area contributed by atoms with Crippen LogP contribution in [0.2, 0.25) is 18.1 Å². The summed E-state index contributed by atoms with van der Waals surface area (Å²) in [6.45, 7) is 13.7. The van der Waals surface area contributed by atoms with Crippen molar-refractivity contribution in [3.63, 3.8) is 0 Å². The van der Waals surface area contributed by atoms with Gasteiger partial charge in [-0.1, -0.05) is 27.7 Å². The van der Waals surface area contributed by atoms with Gasteiger partial charge in [-0.05, 0) is 24.6 Å². The second-order valence-corrected chi connectivity index (χ2v) is 10.9. The zero-order valence-corrected chi connectivity index (χ0v) is 12.3. The molecule has 1 fully saturated rings. The molecule has 1 aliphatic heterocycles. The van der Waals surface area contributed by atoms with Gasteiger partial charge in [-0.3, -0.25) is 4.79 Å². The Morgan fingerprint density at radius 1 is 1.38 bits per heavy atom. The molecule has 0 spiro atoms. The molecule has 0 aliphatic carbocycles. The van der Waals surface area contributed by atoms with E-state index in [0.717, 1.165) is 6.42 Å². The van der Waals surface area contributed by atoms with Crippen molar-refractivity contribution in [1.82, 2.24) is 0 Å². The van der Waals surface area contributed by atoms with Gasteiger partial charge in [-0.25, -0.2) is 0 Å². The molecule has 0 saturated carbocycles. The molecule has 0 N–H and O–H groups in total. The molecule has 4 heteroatoms. The molecule has 0 radical (unpaired) electrons. The number of cyclic esters (lactones) is 1. The van der Waals surface area contributed by atoms with Crippen LogP contribution in [-0.2, 0) is 14.0 Å². The number of hydrogen-bond acceptors (Lipinski definition) is 3. The summed E-state index contributed by atoms with van der Waals surface area (Å²) in [6.07, 6.45) is 0.844. The Kier molecular flexibility index (Phi) is 3.85. The molecular weight excluding hydrogens is 220 g/mol. The van der Waals surface area contributed by atoms with E-state index >= 15 is 0 Å². The summed E-state index contributed by atoms with van der Waals surface area (Å²) in [5, 5.41) is 0.211. The highest BCUT2D eigenvalue weighted by Crippen LogP contribution is 2.37. The fourth-order valence-electron chi connectivity index (χ4n) is 1.48. The van der Waals surface area contributed by atoms with E-state index in [1.54, 1.807) is 0 Å². The van der Waals surface area contributed by atoms with Crippen LogP contribution in [0, 0.1) is 5.92 Å². The first-order chi connectivity index (χ1) is 7.19. The quantitative estimate of drug-likeness (QED) is 0.563. The van der Waals surface area contributed by atoms with E-state index in [0.29, 0.717) is 6.61 Å². The van der Waals surface area contributed by atoms with Crippen LogP contribution in [-0.4, -0.2) is 27.0 Å². The minimum absolute atomic E-state index is 0.00775. The summed E-state index contributed by atoms with van der Waals surface area (Å²) in [6, 6.07) is 0. The van der Waals surface area contributed by atoms with Crippen LogP contribution in [0.4, 0.5) is 0 Å². The highest BCUT2D eigenvalue weighted by atomic mass is 28.4. The number of hydrogen-bond donors (Lipinski definition) is 0. The Hall–Kier alpha value is -0.353. The fraction of sp³-hybridized carbons (Fsp3) is 0.917. The molecule has 0 aromatic carbocycles. The molecule has 0 aromatic heterocycles. The van der Waals surface area contributed by atoms with Crippen molar-refractivity contribution in [3.8, 4) is 0 Å². The zero-order chi connectivity index (χ0) is 12.6. The second kappa shape index (κ2) is 4.49. The van der Waals surface area contributed by atoms with Gasteiger partial charge in [0, 0.05) is 0 Å². The maximum Gasteiger partial charge on any atom is 0.313 e. The van der Waals surface area contributed by atoms with Gasteiger partial charge in [-0.15, -0.1) is 0 Å². The standard InChI is InChI=1S/C12H24O3Si/c1-7-9-10(15-11(9)13)8-14-16(5,6)12(2,3)4/h9-10H,7-8H2,1-6H3/t9-,10-/m0/s1. The van der Waals surface area contributed by atoms with Crippen LogP contribution in [0.1, 0.15) is 34.1 Å². The van der Waals surface area contributed by atoms with E-state index in [-0.39, 0.29) is 23.0 Å². The average Bonchev–Trinajstić information content (AvgIpc) is 2.10. The van der Waals surface area contributed by atoms with Gasteiger partial charge in [0.2, 0.25) is 0 Å². The first-order valence-electron chi connectivity index (χ1n) is 6.03. The van der Waals surface area contributed by atoms with Gasteiger partial charge < -0.3 is 9.16 Å². The van der Waals surface area contributed by atoms with Gasteiger partial charge in [0.15, 0.2) is 8.32 Å². The number of carbonyl (C=O) groups excluding carboxylic acids is 1. The van der Waals surface area contributed by atoms with Crippen LogP contribution in [0.3, 0.4) is 0 Å². The van der Waals surface area contributed by atoms with Crippen molar-refractivity contribution in [2.24, 2.45) is 5.92 Å². The van der Waals surface area contributed by atoms with E-state index in [1.807, 2.05) is 6.92 Å². The van der Waals surface area contributed by atoms with Crippen molar-refractivity contribution in [1.29, 1.82) is 0 Å². The summed E-state index contributed by atoms with van der Waals surface area (Å²) in [5.41, 5.74) is 0. The smallest absolute Gasteiger partial charge is 0.313 e. The molecule has 1 saturated heterocycles. The van der Waals surface area contributed by atoms with Gasteiger partial charge >= 0.3 is 5.97 Å². The summed E-state index contributed by atoms with van der Waals surface area (Å²) in [7, 11) is -1.71. The van der Waals surface area contributed by atoms with E-state index in [4.69, 9.17) is 9.16 Å². The van der Waals surface area contributed by atoms with Gasteiger partial charge in [0.05, 0.1) is 12.5 Å². The van der Waals surface area contributed by atoms with E-state index < -0.39 is 8.32 Å². The zero-order valence-electron chi connectivity index (χ0n) is 11.3. The third-order valence-electron chi connectivity index (χ3n) is 3.87. The lowest BCUT2D eigenvalue weighted by molar-refractivity contribution is -0.188. The van der Waals surface area contributed by atoms with Crippen LogP contribution >= 0.6 is 0 Å². The lowest BCUT2D eigenvalue weighted by Crippen LogP contribution is -2.51. The third kappa shape index (κ3) is 2.66. The third-order valence-corrected chi connectivity index (χ3v) is 8.37. The van der Waals surface area contributed by atoms with Crippen LogP contribution in [0.25, 0.3) is 0 Å². The van der Waals surface area contributed by atoms with Crippen molar-refractivity contribution in [3.05, 3.63) is 0 Å². The van der Waals surface area contributed by atoms with Crippen molar-refractivity contribution >= 4 is 14.3 Å². The summed E-state index contributed by atoms with van der Waals surface area (Å²) in [5.74, 6) is -0.00361. The Morgan fingerprint density at radius 2 is 1.94 bits per heavy atom. The molecule has 0 unspecified atom stereocenters. The topological polar surface area (TPSA) is 35.5 Å². The molecule has 94 valence electrons. The average molecular weight is 244 g/mol. The van der Waals surface area contributed by atoms with Gasteiger partial charge in [-0.2, -0.15) is 0 Å². The largest absolute Gasteiger partial charge is 0.459 e. The Labute approximate surface area is 99.6 Å². The molecule has 1 aliphatic rings. The molecule has 16 heavy (non-hydrogen) atoms. The predicted molar refractivity (Wildman–Crippen MR) is 66.8 cm³/mol. The van der Waals surface area contributed by atoms with Crippen molar-refractivity contribution in [2.45, 2.75) is 58.4 Å². The van der Waals surface area contributed by atoms with Crippen LogP contribution in [0.15, 0.2) is 0 Å². The lowest BCUT2D eigenvalue weighted by atomic mass is 9.95. The summed E-state index contributed by atoms with van der Waals surface area (Å²) < 4.78 is 11.1. The molecule has 1 rings (SSSR count). The van der Waals surface area contributed by atoms with Crippen molar-refractivity contribution < 1.29 is 14.0 Å². The van der Waals surface area contributed by atoms with E-state index in [9.17, 15) is 4.79 Å². The normalized spacial score (nSPS) is 26.2. The second-order valence-electron chi connectivity index (χ2n) is 6.06. The molecule has 0 bridgehead atoms. The predicted octanol–water partition coefficient (Wildman–Crippen LogP) is 2.96. The summed E-state index contributed by atoms with van der Waals surface area (Å²) >= 11 is 0. The monoisotopic (exact) mass is 244 g/mol. The number of esters is 1. The maximum absolute atomic E-state index is 11.1. The fourth-order valence-corrected chi connectivity index (χ4v) is 2.50. The van der Waals surface area contributed by atoms with Crippen molar-refractivity contribution in [2.75, 3.05) is 6.61 Å². The number of ether oxygens (including phenoxy) is 1. The Morgan fingerprint density at radius 3 is 2.31 bits per heavy atom. The van der Waals surface area contributed by atoms with E-state index in [2.05, 4.69) is 33.9 Å². The highest BCUT2D eigenvalue weighted by molar-refractivity contribution is 6.74. The van der Waals surface area contributed by atoms with Crippen LogP contribution < -0.4 is 0 Å². The lowest BCUT2D eigenvalue weighted by Gasteiger charge is -2.40. The van der Waals surface area contributed by atoms with Crippen LogP contribution in [0.5, 0.6) is 0 Å². The minimum atomic E-state index is -1.71. The Bertz CT molecular complexity index is 268. The molecule has 0 aromatic rings. The Balaban J connectivity index is 2.44. The molecule has 1 heterocycles. The number of rotatable bonds is 4. The van der Waals surface area contributed by atoms with Gasteiger partial charge in [0.1, 0.15) is 6.10 Å². The molecule has 2 atom stereocenters. The first kappa shape index (κ1) is 13.7. The summed E-state index contributed by atoms with van der Waals surface area (Å²) in [4.78, 5) is 11.1.